The number of rotatable bonds is 8. The first-order valence-electron chi connectivity index (χ1n) is 10.2. The van der Waals surface area contributed by atoms with Crippen molar-refractivity contribution in [1.29, 1.82) is 0 Å². The van der Waals surface area contributed by atoms with Crippen molar-refractivity contribution < 1.29 is 14.9 Å². The Morgan fingerprint density at radius 1 is 1.06 bits per heavy atom. The van der Waals surface area contributed by atoms with Crippen LogP contribution in [0, 0.1) is 0 Å². The molecule has 3 aromatic carbocycles. The minimum Gasteiger partial charge on any atom is -0.497 e. The molecule has 0 saturated heterocycles. The molecule has 0 spiro atoms. The van der Waals surface area contributed by atoms with Crippen molar-refractivity contribution in [1.82, 2.24) is 19.9 Å². The fraction of sp³-hybridized carbons (Fsp3) is 0.250. The Morgan fingerprint density at radius 3 is 2.71 bits per heavy atom. The van der Waals surface area contributed by atoms with Gasteiger partial charge in [-0.2, -0.15) is 0 Å². The Balaban J connectivity index is 1.77. The molecule has 1 unspecified atom stereocenters. The van der Waals surface area contributed by atoms with E-state index in [1.165, 1.54) is 0 Å². The Morgan fingerprint density at radius 2 is 1.90 bits per heavy atom. The van der Waals surface area contributed by atoms with Crippen molar-refractivity contribution >= 4 is 11.0 Å². The van der Waals surface area contributed by atoms with Crippen LogP contribution < -0.4 is 4.74 Å². The summed E-state index contributed by atoms with van der Waals surface area (Å²) in [5.41, 5.74) is 5.10. The second-order valence-corrected chi connectivity index (χ2v) is 7.51. The minimum absolute atomic E-state index is 0.0671. The quantitative estimate of drug-likeness (QED) is 0.458. The Labute approximate surface area is 181 Å². The van der Waals surface area contributed by atoms with Crippen molar-refractivity contribution in [2.45, 2.75) is 12.6 Å². The number of para-hydroxylation sites is 1. The van der Waals surface area contributed by atoms with E-state index in [0.717, 1.165) is 33.4 Å². The summed E-state index contributed by atoms with van der Waals surface area (Å²) in [5.74, 6) is 0.696. The number of benzene rings is 3. The zero-order chi connectivity index (χ0) is 21.8. The van der Waals surface area contributed by atoms with Gasteiger partial charge in [-0.05, 0) is 60.1 Å². The summed E-state index contributed by atoms with van der Waals surface area (Å²) in [6.45, 7) is 1.17. The number of hydrogen-bond acceptors (Lipinski definition) is 6. The predicted molar refractivity (Wildman–Crippen MR) is 119 cm³/mol. The largest absolute Gasteiger partial charge is 0.497 e. The third-order valence-electron chi connectivity index (χ3n) is 5.35. The molecule has 7 nitrogen and oxygen atoms in total. The monoisotopic (exact) mass is 418 g/mol. The van der Waals surface area contributed by atoms with Crippen LogP contribution in [0.25, 0.3) is 16.7 Å². The van der Waals surface area contributed by atoms with Gasteiger partial charge in [0.15, 0.2) is 0 Å². The second kappa shape index (κ2) is 9.26. The molecule has 0 aliphatic rings. The Hall–Kier alpha value is -3.26. The summed E-state index contributed by atoms with van der Waals surface area (Å²) in [6.07, 6.45) is -0.811. The number of hydrogen-bond donors (Lipinski definition) is 2. The van der Waals surface area contributed by atoms with E-state index in [1.54, 1.807) is 11.8 Å². The highest BCUT2D eigenvalue weighted by molar-refractivity contribution is 5.76. The van der Waals surface area contributed by atoms with Crippen LogP contribution in [0.5, 0.6) is 5.75 Å². The van der Waals surface area contributed by atoms with E-state index in [9.17, 15) is 10.2 Å². The summed E-state index contributed by atoms with van der Waals surface area (Å²) in [6, 6.07) is 21.1. The van der Waals surface area contributed by atoms with Crippen LogP contribution in [0.2, 0.25) is 0 Å². The molecule has 7 heteroatoms. The van der Waals surface area contributed by atoms with Gasteiger partial charge in [0.1, 0.15) is 17.4 Å². The van der Waals surface area contributed by atoms with Crippen LogP contribution in [0.4, 0.5) is 0 Å². The molecule has 31 heavy (non-hydrogen) atoms. The third kappa shape index (κ3) is 4.44. The zero-order valence-electron chi connectivity index (χ0n) is 17.6. The van der Waals surface area contributed by atoms with E-state index in [4.69, 9.17) is 4.74 Å². The van der Waals surface area contributed by atoms with E-state index in [1.807, 2.05) is 78.7 Å². The number of likely N-dealkylation sites (N-methyl/N-ethyl adjacent to an activating group) is 1. The molecule has 0 radical (unpaired) electrons. The number of aromatic nitrogens is 3. The van der Waals surface area contributed by atoms with Crippen LogP contribution in [0.1, 0.15) is 22.8 Å². The molecule has 0 aliphatic heterocycles. The van der Waals surface area contributed by atoms with E-state index < -0.39 is 6.10 Å². The van der Waals surface area contributed by atoms with Gasteiger partial charge in [-0.3, -0.25) is 4.90 Å². The topological polar surface area (TPSA) is 83.6 Å². The molecule has 0 bridgehead atoms. The van der Waals surface area contributed by atoms with Gasteiger partial charge in [-0.15, -0.1) is 5.10 Å². The number of methoxy groups -OCH3 is 1. The maximum Gasteiger partial charge on any atom is 0.119 e. The Kier molecular flexibility index (Phi) is 6.27. The third-order valence-corrected chi connectivity index (χ3v) is 5.35. The van der Waals surface area contributed by atoms with Gasteiger partial charge >= 0.3 is 0 Å². The lowest BCUT2D eigenvalue weighted by Gasteiger charge is -2.22. The number of aliphatic hydroxyl groups is 2. The molecule has 1 atom stereocenters. The van der Waals surface area contributed by atoms with Crippen molar-refractivity contribution in [3.05, 3.63) is 83.4 Å². The summed E-state index contributed by atoms with van der Waals surface area (Å²) in [5, 5.41) is 29.1. The van der Waals surface area contributed by atoms with E-state index in [2.05, 4.69) is 10.3 Å². The lowest BCUT2D eigenvalue weighted by molar-refractivity contribution is 0.206. The zero-order valence-corrected chi connectivity index (χ0v) is 17.6. The smallest absolute Gasteiger partial charge is 0.119 e. The van der Waals surface area contributed by atoms with Gasteiger partial charge in [0.2, 0.25) is 0 Å². The SMILES string of the molecule is COc1cccc(C(O)c2ccc(-n3nnc4ccccc43)cc2CN(C)CCO)c1. The van der Waals surface area contributed by atoms with Crippen LogP contribution in [0.15, 0.2) is 66.7 Å². The summed E-state index contributed by atoms with van der Waals surface area (Å²) >= 11 is 0. The fourth-order valence-electron chi connectivity index (χ4n) is 3.72. The first-order valence-corrected chi connectivity index (χ1v) is 10.2. The number of aliphatic hydroxyl groups excluding tert-OH is 2. The van der Waals surface area contributed by atoms with E-state index in [-0.39, 0.29) is 6.61 Å². The van der Waals surface area contributed by atoms with Crippen LogP contribution in [0.3, 0.4) is 0 Å². The maximum absolute atomic E-state index is 11.2. The fourth-order valence-corrected chi connectivity index (χ4v) is 3.72. The van der Waals surface area contributed by atoms with Crippen LogP contribution >= 0.6 is 0 Å². The lowest BCUT2D eigenvalue weighted by Crippen LogP contribution is -2.23. The maximum atomic E-state index is 11.2. The molecular weight excluding hydrogens is 392 g/mol. The van der Waals surface area contributed by atoms with Crippen molar-refractivity contribution in [2.75, 3.05) is 27.3 Å². The minimum atomic E-state index is -0.811. The van der Waals surface area contributed by atoms with Gasteiger partial charge in [0.25, 0.3) is 0 Å². The molecule has 1 heterocycles. The molecule has 4 rings (SSSR count). The highest BCUT2D eigenvalue weighted by atomic mass is 16.5. The molecule has 0 aliphatic carbocycles. The van der Waals surface area contributed by atoms with Crippen molar-refractivity contribution in [3.63, 3.8) is 0 Å². The second-order valence-electron chi connectivity index (χ2n) is 7.51. The molecule has 4 aromatic rings. The number of ether oxygens (including phenoxy) is 1. The van der Waals surface area contributed by atoms with Crippen LogP contribution in [-0.2, 0) is 6.54 Å². The van der Waals surface area contributed by atoms with Gasteiger partial charge in [-0.25, -0.2) is 4.68 Å². The van der Waals surface area contributed by atoms with Gasteiger partial charge in [-0.1, -0.05) is 35.5 Å². The van der Waals surface area contributed by atoms with Crippen molar-refractivity contribution in [2.24, 2.45) is 0 Å². The molecule has 0 amide bonds. The van der Waals surface area contributed by atoms with Gasteiger partial charge in [0, 0.05) is 13.1 Å². The average Bonchev–Trinajstić information content (AvgIpc) is 3.23. The van der Waals surface area contributed by atoms with Gasteiger partial charge < -0.3 is 14.9 Å². The van der Waals surface area contributed by atoms with Crippen molar-refractivity contribution in [3.8, 4) is 11.4 Å². The van der Waals surface area contributed by atoms with Crippen LogP contribution in [-0.4, -0.2) is 57.4 Å². The number of nitrogens with zero attached hydrogens (tertiary/aromatic N) is 4. The molecule has 160 valence electrons. The molecule has 0 fully saturated rings. The standard InChI is InChI=1S/C24H26N4O3/c1-27(12-13-29)16-18-14-19(28-23-9-4-3-8-22(23)25-26-28)10-11-21(18)24(30)17-6-5-7-20(15-17)31-2/h3-11,14-15,24,29-30H,12-13,16H2,1-2H3. The molecule has 2 N–H and O–H groups in total. The van der Waals surface area contributed by atoms with E-state index in [0.29, 0.717) is 18.8 Å². The van der Waals surface area contributed by atoms with Gasteiger partial charge in [0.05, 0.1) is 24.9 Å². The summed E-state index contributed by atoms with van der Waals surface area (Å²) in [4.78, 5) is 2.01. The molecule has 1 aromatic heterocycles. The molecular formula is C24H26N4O3. The van der Waals surface area contributed by atoms with E-state index >= 15 is 0 Å². The summed E-state index contributed by atoms with van der Waals surface area (Å²) < 4.78 is 7.11. The number of fused-ring (bicyclic) bond motifs is 1. The average molecular weight is 418 g/mol. The highest BCUT2D eigenvalue weighted by Gasteiger charge is 2.18. The lowest BCUT2D eigenvalue weighted by atomic mass is 9.95. The Bertz CT molecular complexity index is 1170. The predicted octanol–water partition coefficient (Wildman–Crippen LogP) is 2.93. The summed E-state index contributed by atoms with van der Waals surface area (Å²) in [7, 11) is 3.55. The molecule has 0 saturated carbocycles. The first-order chi connectivity index (χ1) is 15.1. The normalized spacial score (nSPS) is 12.4. The highest BCUT2D eigenvalue weighted by Crippen LogP contribution is 2.30. The first kappa shape index (κ1) is 21.0.